The predicted octanol–water partition coefficient (Wildman–Crippen LogP) is 2.88. The zero-order valence-electron chi connectivity index (χ0n) is 18.1. The van der Waals surface area contributed by atoms with Crippen molar-refractivity contribution in [3.05, 3.63) is 77.1 Å². The van der Waals surface area contributed by atoms with Crippen LogP contribution < -0.4 is 24.4 Å². The van der Waals surface area contributed by atoms with Crippen LogP contribution in [0.3, 0.4) is 0 Å². The molecular weight excluding hydrogens is 448 g/mol. The highest BCUT2D eigenvalue weighted by Gasteiger charge is 2.33. The first kappa shape index (κ1) is 22.0. The Balaban J connectivity index is 1.95. The minimum Gasteiger partial charge on any atom is -0.497 e. The number of carbonyl (C=O) groups excluding carboxylic acids is 1. The molecule has 0 saturated carbocycles. The molecule has 0 saturated heterocycles. The Morgan fingerprint density at radius 3 is 2.72 bits per heavy atom. The minimum atomic E-state index is -0.584. The topological polar surface area (TPSA) is 79.1 Å². The van der Waals surface area contributed by atoms with Crippen LogP contribution in [0.15, 0.2) is 56.8 Å². The number of allylic oxidation sites excluding steroid dienone is 1. The second-order valence-electron chi connectivity index (χ2n) is 6.93. The lowest BCUT2D eigenvalue weighted by atomic mass is 10.0. The van der Waals surface area contributed by atoms with Gasteiger partial charge in [-0.2, -0.15) is 0 Å². The maximum Gasteiger partial charge on any atom is 0.338 e. The highest BCUT2D eigenvalue weighted by atomic mass is 32.1. The largest absolute Gasteiger partial charge is 0.497 e. The molecule has 2 aromatic heterocycles. The van der Waals surface area contributed by atoms with Crippen LogP contribution >= 0.6 is 22.7 Å². The summed E-state index contributed by atoms with van der Waals surface area (Å²) in [7, 11) is 3.16. The highest BCUT2D eigenvalue weighted by molar-refractivity contribution is 7.10. The van der Waals surface area contributed by atoms with E-state index in [2.05, 4.69) is 4.99 Å². The van der Waals surface area contributed by atoms with Gasteiger partial charge in [0.15, 0.2) is 4.80 Å². The fraction of sp³-hybridized carbons (Fsp3) is 0.261. The molecule has 1 aliphatic rings. The summed E-state index contributed by atoms with van der Waals surface area (Å²) in [5.74, 6) is 0.812. The number of benzene rings is 1. The van der Waals surface area contributed by atoms with Crippen molar-refractivity contribution in [1.82, 2.24) is 4.57 Å². The summed E-state index contributed by atoms with van der Waals surface area (Å²) in [6, 6.07) is 8.62. The van der Waals surface area contributed by atoms with Gasteiger partial charge in [0.1, 0.15) is 17.5 Å². The number of thiophene rings is 1. The van der Waals surface area contributed by atoms with Gasteiger partial charge in [-0.3, -0.25) is 9.36 Å². The van der Waals surface area contributed by atoms with Crippen LogP contribution in [0.5, 0.6) is 11.5 Å². The number of hydrogen-bond donors (Lipinski definition) is 0. The van der Waals surface area contributed by atoms with Crippen LogP contribution in [0.2, 0.25) is 0 Å². The van der Waals surface area contributed by atoms with E-state index in [0.29, 0.717) is 37.7 Å². The molecule has 166 valence electrons. The lowest BCUT2D eigenvalue weighted by Gasteiger charge is -2.23. The van der Waals surface area contributed by atoms with Gasteiger partial charge in [0.25, 0.3) is 5.56 Å². The number of rotatable bonds is 6. The number of nitrogens with zero attached hydrogens (tertiary/aromatic N) is 2. The monoisotopic (exact) mass is 470 g/mol. The van der Waals surface area contributed by atoms with E-state index in [-0.39, 0.29) is 12.2 Å². The van der Waals surface area contributed by atoms with Gasteiger partial charge < -0.3 is 14.2 Å². The number of carbonyl (C=O) groups is 1. The van der Waals surface area contributed by atoms with Crippen LogP contribution in [0.1, 0.15) is 30.3 Å². The first-order valence-corrected chi connectivity index (χ1v) is 11.6. The fourth-order valence-corrected chi connectivity index (χ4v) is 5.46. The predicted molar refractivity (Wildman–Crippen MR) is 124 cm³/mol. The van der Waals surface area contributed by atoms with Crippen molar-refractivity contribution in [1.29, 1.82) is 0 Å². The van der Waals surface area contributed by atoms with E-state index < -0.39 is 12.0 Å². The van der Waals surface area contributed by atoms with E-state index in [1.165, 1.54) is 22.7 Å². The number of aromatic nitrogens is 1. The molecule has 3 aromatic rings. The van der Waals surface area contributed by atoms with Crippen LogP contribution in [0.4, 0.5) is 0 Å². The van der Waals surface area contributed by atoms with Gasteiger partial charge in [0, 0.05) is 10.4 Å². The van der Waals surface area contributed by atoms with Gasteiger partial charge in [-0.1, -0.05) is 17.4 Å². The Bertz CT molecular complexity index is 1370. The summed E-state index contributed by atoms with van der Waals surface area (Å²) in [5.41, 5.74) is 1.42. The first-order chi connectivity index (χ1) is 15.5. The molecule has 0 fully saturated rings. The Morgan fingerprint density at radius 1 is 1.25 bits per heavy atom. The number of esters is 1. The summed E-state index contributed by atoms with van der Waals surface area (Å²) in [4.78, 5) is 32.3. The van der Waals surface area contributed by atoms with Crippen molar-refractivity contribution in [3.8, 4) is 11.5 Å². The molecule has 0 amide bonds. The third-order valence-electron chi connectivity index (χ3n) is 5.05. The third kappa shape index (κ3) is 3.89. The number of ether oxygens (including phenoxy) is 3. The first-order valence-electron chi connectivity index (χ1n) is 9.93. The van der Waals surface area contributed by atoms with Gasteiger partial charge in [-0.15, -0.1) is 11.3 Å². The Hall–Kier alpha value is -3.17. The van der Waals surface area contributed by atoms with E-state index in [0.717, 1.165) is 4.88 Å². The van der Waals surface area contributed by atoms with Gasteiger partial charge in [-0.05, 0) is 49.6 Å². The SMILES string of the molecule is CCOC(=O)C1=C(C)N=c2s/c(=C\c3cc(OC)ccc3OC)c(=O)n2C1c1cccs1. The highest BCUT2D eigenvalue weighted by Crippen LogP contribution is 2.33. The summed E-state index contributed by atoms with van der Waals surface area (Å²) in [6.07, 6.45) is 1.76. The molecule has 1 aliphatic heterocycles. The maximum absolute atomic E-state index is 13.6. The average molecular weight is 471 g/mol. The Labute approximate surface area is 192 Å². The van der Waals surface area contributed by atoms with Crippen LogP contribution in [-0.4, -0.2) is 31.4 Å². The van der Waals surface area contributed by atoms with Crippen LogP contribution in [-0.2, 0) is 9.53 Å². The molecule has 32 heavy (non-hydrogen) atoms. The van der Waals surface area contributed by atoms with Gasteiger partial charge in [-0.25, -0.2) is 9.79 Å². The average Bonchev–Trinajstić information content (AvgIpc) is 3.41. The normalized spacial score (nSPS) is 15.9. The minimum absolute atomic E-state index is 0.230. The van der Waals surface area contributed by atoms with E-state index in [1.807, 2.05) is 23.6 Å². The van der Waals surface area contributed by atoms with Crippen molar-refractivity contribution in [3.63, 3.8) is 0 Å². The van der Waals surface area contributed by atoms with E-state index in [1.54, 1.807) is 50.8 Å². The summed E-state index contributed by atoms with van der Waals surface area (Å²) in [6.45, 7) is 3.77. The van der Waals surface area contributed by atoms with Crippen molar-refractivity contribution in [2.24, 2.45) is 4.99 Å². The quantitative estimate of drug-likeness (QED) is 0.518. The number of hydrogen-bond acceptors (Lipinski definition) is 8. The molecule has 0 N–H and O–H groups in total. The number of fused-ring (bicyclic) bond motifs is 1. The van der Waals surface area contributed by atoms with Gasteiger partial charge in [0.05, 0.1) is 36.6 Å². The van der Waals surface area contributed by atoms with E-state index >= 15 is 0 Å². The molecule has 0 bridgehead atoms. The molecular formula is C23H22N2O5S2. The molecule has 0 spiro atoms. The summed E-state index contributed by atoms with van der Waals surface area (Å²) < 4.78 is 18.1. The zero-order valence-corrected chi connectivity index (χ0v) is 19.7. The summed E-state index contributed by atoms with van der Waals surface area (Å²) in [5, 5.41) is 1.92. The molecule has 7 nitrogen and oxygen atoms in total. The molecule has 1 atom stereocenters. The molecule has 1 unspecified atom stereocenters. The summed E-state index contributed by atoms with van der Waals surface area (Å²) >= 11 is 2.75. The fourth-order valence-electron chi connectivity index (χ4n) is 3.60. The smallest absolute Gasteiger partial charge is 0.338 e. The van der Waals surface area contributed by atoms with Crippen LogP contribution in [0.25, 0.3) is 6.08 Å². The van der Waals surface area contributed by atoms with Crippen LogP contribution in [0, 0.1) is 0 Å². The molecule has 1 aromatic carbocycles. The second-order valence-corrected chi connectivity index (χ2v) is 8.91. The molecule has 0 aliphatic carbocycles. The third-order valence-corrected chi connectivity index (χ3v) is 6.96. The molecule has 9 heteroatoms. The standard InChI is InChI=1S/C23H22N2O5S2/c1-5-30-22(27)19-13(2)24-23-25(20(19)17-7-6-10-31-17)21(26)18(32-23)12-14-11-15(28-3)8-9-16(14)29-4/h6-12,20H,5H2,1-4H3/b18-12-. The zero-order chi connectivity index (χ0) is 22.8. The molecule has 3 heterocycles. The Morgan fingerprint density at radius 2 is 2.06 bits per heavy atom. The Kier molecular flexibility index (Phi) is 6.29. The second kappa shape index (κ2) is 9.13. The van der Waals surface area contributed by atoms with Gasteiger partial charge in [0.2, 0.25) is 0 Å². The van der Waals surface area contributed by atoms with Crippen molar-refractivity contribution >= 4 is 34.7 Å². The number of thiazole rings is 1. The van der Waals surface area contributed by atoms with E-state index in [4.69, 9.17) is 14.2 Å². The number of methoxy groups -OCH3 is 2. The van der Waals surface area contributed by atoms with E-state index in [9.17, 15) is 9.59 Å². The maximum atomic E-state index is 13.6. The van der Waals surface area contributed by atoms with Crippen molar-refractivity contribution in [2.45, 2.75) is 19.9 Å². The molecule has 4 rings (SSSR count). The van der Waals surface area contributed by atoms with Gasteiger partial charge >= 0.3 is 5.97 Å². The molecule has 0 radical (unpaired) electrons. The van der Waals surface area contributed by atoms with Crippen molar-refractivity contribution < 1.29 is 19.0 Å². The lowest BCUT2D eigenvalue weighted by Crippen LogP contribution is -2.39. The lowest BCUT2D eigenvalue weighted by molar-refractivity contribution is -0.139. The van der Waals surface area contributed by atoms with Crippen molar-refractivity contribution in [2.75, 3.05) is 20.8 Å².